The zero-order chi connectivity index (χ0) is 20.2. The molecule has 1 saturated carbocycles. The lowest BCUT2D eigenvalue weighted by atomic mass is 9.65. The van der Waals surface area contributed by atoms with Crippen molar-refractivity contribution in [2.45, 2.75) is 58.2 Å². The maximum Gasteiger partial charge on any atom is 0.189 e. The Morgan fingerprint density at radius 3 is 2.11 bits per heavy atom. The first-order valence-electron chi connectivity index (χ1n) is 10.0. The predicted octanol–water partition coefficient (Wildman–Crippen LogP) is 5.42. The molecule has 0 N–H and O–H groups in total. The average molecular weight is 376 g/mol. The number of carbonyl (C=O) groups excluding carboxylic acids is 1. The van der Waals surface area contributed by atoms with Crippen molar-refractivity contribution in [1.82, 2.24) is 5.01 Å². The first kappa shape index (κ1) is 18.9. The summed E-state index contributed by atoms with van der Waals surface area (Å²) in [6.45, 7) is 11.3. The minimum atomic E-state index is -0.805. The normalized spacial score (nSPS) is 32.0. The first-order chi connectivity index (χ1) is 13.2. The van der Waals surface area contributed by atoms with Crippen molar-refractivity contribution in [3.05, 3.63) is 71.8 Å². The lowest BCUT2D eigenvalue weighted by molar-refractivity contribution is -0.135. The summed E-state index contributed by atoms with van der Waals surface area (Å²) in [5.41, 5.74) is 0.689. The molecule has 0 spiro atoms. The third-order valence-electron chi connectivity index (χ3n) is 6.63. The van der Waals surface area contributed by atoms with Crippen LogP contribution in [0.25, 0.3) is 0 Å². The number of hydrogen-bond donors (Lipinski definition) is 0. The van der Waals surface area contributed by atoms with Gasteiger partial charge in [0, 0.05) is 11.8 Å². The Hall–Kier alpha value is -2.49. The standard InChI is InChI=1S/C24H29N3O/c1-22(2,3)20-19(18-14-10-7-11-15-18)24(5)21(28)23(20,4)25-26-27(24)16-17-12-8-6-9-13-17/h6-15,19-20H,16H2,1-5H3/t19-,20+,23+,24-/m0/s1. The molecule has 2 aliphatic rings. The fraction of sp³-hybridized carbons (Fsp3) is 0.458. The molecule has 2 aromatic carbocycles. The monoisotopic (exact) mass is 375 g/mol. The minimum Gasteiger partial charge on any atom is -0.294 e. The van der Waals surface area contributed by atoms with E-state index in [1.54, 1.807) is 0 Å². The van der Waals surface area contributed by atoms with Crippen LogP contribution in [0.2, 0.25) is 0 Å². The third kappa shape index (κ3) is 2.61. The number of fused-ring (bicyclic) bond motifs is 2. The van der Waals surface area contributed by atoms with E-state index >= 15 is 0 Å². The van der Waals surface area contributed by atoms with Crippen molar-refractivity contribution in [3.8, 4) is 0 Å². The molecule has 1 heterocycles. The van der Waals surface area contributed by atoms with Crippen LogP contribution >= 0.6 is 0 Å². The van der Waals surface area contributed by atoms with E-state index in [4.69, 9.17) is 0 Å². The molecule has 1 aliphatic carbocycles. The Morgan fingerprint density at radius 1 is 0.964 bits per heavy atom. The molecular formula is C24H29N3O. The second kappa shape index (κ2) is 6.26. The summed E-state index contributed by atoms with van der Waals surface area (Å²) in [7, 11) is 0. The second-order valence-electron chi connectivity index (χ2n) is 9.59. The predicted molar refractivity (Wildman–Crippen MR) is 111 cm³/mol. The van der Waals surface area contributed by atoms with Gasteiger partial charge >= 0.3 is 0 Å². The lowest BCUT2D eigenvalue weighted by Crippen LogP contribution is -2.55. The molecule has 0 aromatic heterocycles. The van der Waals surface area contributed by atoms with Crippen LogP contribution in [0.1, 0.15) is 51.7 Å². The van der Waals surface area contributed by atoms with Gasteiger partial charge in [-0.2, -0.15) is 5.11 Å². The summed E-state index contributed by atoms with van der Waals surface area (Å²) < 4.78 is 0. The largest absolute Gasteiger partial charge is 0.294 e. The summed E-state index contributed by atoms with van der Waals surface area (Å²) in [6, 6.07) is 20.6. The Kier molecular flexibility index (Phi) is 4.22. The maximum absolute atomic E-state index is 13.9. The zero-order valence-electron chi connectivity index (χ0n) is 17.4. The van der Waals surface area contributed by atoms with Gasteiger partial charge in [-0.1, -0.05) is 86.7 Å². The number of nitrogens with zero attached hydrogens (tertiary/aromatic N) is 3. The van der Waals surface area contributed by atoms with Crippen LogP contribution in [0.4, 0.5) is 0 Å². The van der Waals surface area contributed by atoms with Gasteiger partial charge in [0.25, 0.3) is 0 Å². The SMILES string of the molecule is CC(C)(C)[C@H]1[C@H](c2ccccc2)[C@@]2(C)C(=O)[C@]1(C)N=NN2Cc1ccccc1. The Labute approximate surface area is 167 Å². The van der Waals surface area contributed by atoms with Gasteiger partial charge in [0.05, 0.1) is 6.54 Å². The zero-order valence-corrected chi connectivity index (χ0v) is 17.4. The summed E-state index contributed by atoms with van der Waals surface area (Å²) in [6.07, 6.45) is 0. The van der Waals surface area contributed by atoms with Gasteiger partial charge in [0.1, 0.15) is 11.1 Å². The number of hydrogen-bond acceptors (Lipinski definition) is 4. The van der Waals surface area contributed by atoms with Crippen molar-refractivity contribution in [2.75, 3.05) is 0 Å². The molecule has 4 heteroatoms. The van der Waals surface area contributed by atoms with Crippen molar-refractivity contribution in [3.63, 3.8) is 0 Å². The molecule has 0 unspecified atom stereocenters. The van der Waals surface area contributed by atoms with E-state index in [0.717, 1.165) is 5.56 Å². The van der Waals surface area contributed by atoms with Crippen LogP contribution in [0.15, 0.2) is 71.0 Å². The number of benzene rings is 2. The van der Waals surface area contributed by atoms with E-state index < -0.39 is 11.1 Å². The molecule has 4 rings (SSSR count). The van der Waals surface area contributed by atoms with Crippen molar-refractivity contribution in [2.24, 2.45) is 21.7 Å². The second-order valence-corrected chi connectivity index (χ2v) is 9.59. The van der Waals surface area contributed by atoms with Crippen LogP contribution in [0, 0.1) is 11.3 Å². The highest BCUT2D eigenvalue weighted by molar-refractivity contribution is 6.01. The van der Waals surface area contributed by atoms with Crippen molar-refractivity contribution < 1.29 is 4.79 Å². The van der Waals surface area contributed by atoms with Gasteiger partial charge in [-0.3, -0.25) is 9.80 Å². The number of ketones is 1. The van der Waals surface area contributed by atoms with Crippen molar-refractivity contribution >= 4 is 5.78 Å². The van der Waals surface area contributed by atoms with E-state index in [1.165, 1.54) is 5.56 Å². The molecule has 2 bridgehead atoms. The Morgan fingerprint density at radius 2 is 1.54 bits per heavy atom. The Bertz CT molecular complexity index is 902. The highest BCUT2D eigenvalue weighted by atomic mass is 16.1. The van der Waals surface area contributed by atoms with Gasteiger partial charge in [-0.15, -0.1) is 0 Å². The molecule has 1 aliphatic heterocycles. The Balaban J connectivity index is 1.88. The molecule has 0 radical (unpaired) electrons. The third-order valence-corrected chi connectivity index (χ3v) is 6.63. The van der Waals surface area contributed by atoms with Gasteiger partial charge in [0.2, 0.25) is 0 Å². The lowest BCUT2D eigenvalue weighted by Gasteiger charge is -2.42. The molecule has 4 nitrogen and oxygen atoms in total. The van der Waals surface area contributed by atoms with Crippen LogP contribution < -0.4 is 0 Å². The van der Waals surface area contributed by atoms with Gasteiger partial charge in [0.15, 0.2) is 5.78 Å². The molecule has 0 saturated heterocycles. The fourth-order valence-electron chi connectivity index (χ4n) is 5.54. The maximum atomic E-state index is 13.9. The van der Waals surface area contributed by atoms with E-state index in [9.17, 15) is 4.79 Å². The average Bonchev–Trinajstić information content (AvgIpc) is 2.78. The van der Waals surface area contributed by atoms with Crippen LogP contribution in [0.5, 0.6) is 0 Å². The molecule has 146 valence electrons. The smallest absolute Gasteiger partial charge is 0.189 e. The summed E-state index contributed by atoms with van der Waals surface area (Å²) >= 11 is 0. The van der Waals surface area contributed by atoms with E-state index in [2.05, 4.69) is 74.4 Å². The van der Waals surface area contributed by atoms with Crippen LogP contribution in [-0.4, -0.2) is 21.9 Å². The van der Waals surface area contributed by atoms with E-state index in [-0.39, 0.29) is 23.0 Å². The first-order valence-corrected chi connectivity index (χ1v) is 10.0. The van der Waals surface area contributed by atoms with Gasteiger partial charge < -0.3 is 0 Å². The highest BCUT2D eigenvalue weighted by Crippen LogP contribution is 2.61. The van der Waals surface area contributed by atoms with Gasteiger partial charge in [-0.25, -0.2) is 0 Å². The van der Waals surface area contributed by atoms with Crippen LogP contribution in [0.3, 0.4) is 0 Å². The molecule has 0 amide bonds. The quantitative estimate of drug-likeness (QED) is 0.719. The number of carbonyl (C=O) groups is 1. The molecular weight excluding hydrogens is 346 g/mol. The summed E-state index contributed by atoms with van der Waals surface area (Å²) in [4.78, 5) is 13.9. The van der Waals surface area contributed by atoms with Gasteiger partial charge in [-0.05, 0) is 30.4 Å². The minimum absolute atomic E-state index is 0.0184. The molecule has 2 aromatic rings. The van der Waals surface area contributed by atoms with Crippen molar-refractivity contribution in [1.29, 1.82) is 0 Å². The fourth-order valence-corrected chi connectivity index (χ4v) is 5.54. The number of Topliss-reactive ketones (excluding diaryl/α,β-unsaturated/α-hetero) is 1. The molecule has 28 heavy (non-hydrogen) atoms. The van der Waals surface area contributed by atoms with Crippen LogP contribution in [-0.2, 0) is 11.3 Å². The topological polar surface area (TPSA) is 45.0 Å². The number of rotatable bonds is 3. The molecule has 4 atom stereocenters. The van der Waals surface area contributed by atoms with E-state index in [0.29, 0.717) is 6.54 Å². The summed E-state index contributed by atoms with van der Waals surface area (Å²) in [5, 5.41) is 11.2. The summed E-state index contributed by atoms with van der Waals surface area (Å²) in [5.74, 6) is 0.258. The highest BCUT2D eigenvalue weighted by Gasteiger charge is 2.71. The van der Waals surface area contributed by atoms with E-state index in [1.807, 2.05) is 36.2 Å². The molecule has 1 fully saturated rings.